The summed E-state index contributed by atoms with van der Waals surface area (Å²) in [5.41, 5.74) is 4.40. The van der Waals surface area contributed by atoms with Gasteiger partial charge in [0.15, 0.2) is 0 Å². The molecule has 1 amide bonds. The molecule has 1 aliphatic carbocycles. The van der Waals surface area contributed by atoms with Gasteiger partial charge in [-0.15, -0.1) is 0 Å². The Morgan fingerprint density at radius 2 is 1.58 bits per heavy atom. The van der Waals surface area contributed by atoms with Gasteiger partial charge in [-0.25, -0.2) is 4.98 Å². The van der Waals surface area contributed by atoms with Crippen LogP contribution in [0.1, 0.15) is 47.1 Å². The highest BCUT2D eigenvalue weighted by Crippen LogP contribution is 2.25. The van der Waals surface area contributed by atoms with Crippen LogP contribution in [-0.4, -0.2) is 15.9 Å². The summed E-state index contributed by atoms with van der Waals surface area (Å²) in [6.07, 6.45) is 4.52. The number of carbonyl (C=O) groups excluding carboxylic acids is 1. The summed E-state index contributed by atoms with van der Waals surface area (Å²) in [6, 6.07) is 19.8. The molecule has 1 aromatic heterocycles. The average molecular weight is 345 g/mol. The molecular formula is C22H23N3O. The highest BCUT2D eigenvalue weighted by atomic mass is 16.1. The number of benzene rings is 2. The second kappa shape index (κ2) is 7.56. The van der Waals surface area contributed by atoms with E-state index in [-0.39, 0.29) is 11.8 Å². The standard InChI is InChI=1S/C22H23N3O/c26-22(23-15-20-24-18-13-7-8-14-19(18)25-20)21(16-9-3-1-4-10-16)17-11-5-2-6-12-17/h1-6,9-12,21H,7-8,13-15H2,(H,23,26)(H,24,25). The highest BCUT2D eigenvalue weighted by Gasteiger charge is 2.23. The van der Waals surface area contributed by atoms with Gasteiger partial charge in [-0.2, -0.15) is 0 Å². The van der Waals surface area contributed by atoms with Crippen molar-refractivity contribution in [1.29, 1.82) is 0 Å². The Balaban J connectivity index is 1.52. The van der Waals surface area contributed by atoms with Gasteiger partial charge in [-0.3, -0.25) is 4.79 Å². The van der Waals surface area contributed by atoms with Crippen LogP contribution in [-0.2, 0) is 24.2 Å². The smallest absolute Gasteiger partial charge is 0.232 e. The number of H-pyrrole nitrogens is 1. The third-order valence-corrected chi connectivity index (χ3v) is 4.96. The first-order chi connectivity index (χ1) is 12.8. The third-order valence-electron chi connectivity index (χ3n) is 4.96. The van der Waals surface area contributed by atoms with Crippen LogP contribution in [0, 0.1) is 0 Å². The SMILES string of the molecule is O=C(NCc1nc2c([nH]1)CCCC2)C(c1ccccc1)c1ccccc1. The Bertz CT molecular complexity index is 808. The van der Waals surface area contributed by atoms with Gasteiger partial charge >= 0.3 is 0 Å². The van der Waals surface area contributed by atoms with Crippen LogP contribution < -0.4 is 5.32 Å². The van der Waals surface area contributed by atoms with Crippen molar-refractivity contribution in [2.45, 2.75) is 38.1 Å². The van der Waals surface area contributed by atoms with Crippen LogP contribution >= 0.6 is 0 Å². The molecule has 0 aliphatic heterocycles. The van der Waals surface area contributed by atoms with Gasteiger partial charge in [-0.1, -0.05) is 60.7 Å². The third kappa shape index (κ3) is 3.54. The maximum Gasteiger partial charge on any atom is 0.232 e. The zero-order valence-electron chi connectivity index (χ0n) is 14.7. The average Bonchev–Trinajstić information content (AvgIpc) is 3.11. The molecule has 1 heterocycles. The summed E-state index contributed by atoms with van der Waals surface area (Å²) < 4.78 is 0. The Morgan fingerprint density at radius 1 is 0.962 bits per heavy atom. The number of aryl methyl sites for hydroxylation is 2. The van der Waals surface area contributed by atoms with Crippen molar-refractivity contribution in [2.75, 3.05) is 0 Å². The van der Waals surface area contributed by atoms with E-state index in [1.807, 2.05) is 60.7 Å². The molecule has 2 N–H and O–H groups in total. The zero-order chi connectivity index (χ0) is 17.8. The fraction of sp³-hybridized carbons (Fsp3) is 0.273. The lowest BCUT2D eigenvalue weighted by atomic mass is 9.90. The van der Waals surface area contributed by atoms with Gasteiger partial charge in [0.25, 0.3) is 0 Å². The number of hydrogen-bond acceptors (Lipinski definition) is 2. The zero-order valence-corrected chi connectivity index (χ0v) is 14.7. The predicted molar refractivity (Wildman–Crippen MR) is 102 cm³/mol. The number of fused-ring (bicyclic) bond motifs is 1. The molecule has 0 atom stereocenters. The molecular weight excluding hydrogens is 322 g/mol. The van der Waals surface area contributed by atoms with E-state index in [0.29, 0.717) is 6.54 Å². The topological polar surface area (TPSA) is 57.8 Å². The lowest BCUT2D eigenvalue weighted by molar-refractivity contribution is -0.121. The van der Waals surface area contributed by atoms with Crippen LogP contribution in [0.3, 0.4) is 0 Å². The molecule has 1 aliphatic rings. The molecule has 0 unspecified atom stereocenters. The van der Waals surface area contributed by atoms with Crippen LogP contribution in [0.4, 0.5) is 0 Å². The number of hydrogen-bond donors (Lipinski definition) is 2. The fourth-order valence-electron chi connectivity index (χ4n) is 3.66. The second-order valence-corrected chi connectivity index (χ2v) is 6.79. The molecule has 0 saturated heterocycles. The maximum atomic E-state index is 13.0. The quantitative estimate of drug-likeness (QED) is 0.740. The minimum Gasteiger partial charge on any atom is -0.348 e. The summed E-state index contributed by atoms with van der Waals surface area (Å²) in [4.78, 5) is 21.0. The first kappa shape index (κ1) is 16.6. The van der Waals surface area contributed by atoms with E-state index in [1.165, 1.54) is 24.2 Å². The number of carbonyl (C=O) groups is 1. The Labute approximate surface area is 153 Å². The van der Waals surface area contributed by atoms with Crippen molar-refractivity contribution < 1.29 is 4.79 Å². The maximum absolute atomic E-state index is 13.0. The molecule has 0 saturated carbocycles. The van der Waals surface area contributed by atoms with E-state index in [1.54, 1.807) is 0 Å². The number of amides is 1. The van der Waals surface area contributed by atoms with Gasteiger partial charge in [-0.05, 0) is 36.8 Å². The molecule has 4 heteroatoms. The van der Waals surface area contributed by atoms with Gasteiger partial charge in [0.2, 0.25) is 5.91 Å². The van der Waals surface area contributed by atoms with E-state index in [9.17, 15) is 4.79 Å². The number of imidazole rings is 1. The van der Waals surface area contributed by atoms with Gasteiger partial charge in [0.05, 0.1) is 18.2 Å². The second-order valence-electron chi connectivity index (χ2n) is 6.79. The van der Waals surface area contributed by atoms with E-state index in [0.717, 1.165) is 29.8 Å². The predicted octanol–water partition coefficient (Wildman–Crippen LogP) is 3.74. The normalized spacial score (nSPS) is 13.4. The molecule has 0 bridgehead atoms. The number of rotatable bonds is 5. The van der Waals surface area contributed by atoms with Gasteiger partial charge in [0.1, 0.15) is 5.82 Å². The first-order valence-corrected chi connectivity index (χ1v) is 9.25. The molecule has 3 aromatic rings. The van der Waals surface area contributed by atoms with E-state index in [4.69, 9.17) is 0 Å². The fourth-order valence-corrected chi connectivity index (χ4v) is 3.66. The van der Waals surface area contributed by atoms with Crippen molar-refractivity contribution >= 4 is 5.91 Å². The van der Waals surface area contributed by atoms with Crippen molar-refractivity contribution in [3.8, 4) is 0 Å². The minimum atomic E-state index is -0.318. The van der Waals surface area contributed by atoms with Crippen LogP contribution in [0.5, 0.6) is 0 Å². The summed E-state index contributed by atoms with van der Waals surface area (Å²) in [5.74, 6) is 0.531. The number of nitrogens with zero attached hydrogens (tertiary/aromatic N) is 1. The molecule has 0 radical (unpaired) electrons. The largest absolute Gasteiger partial charge is 0.348 e. The Morgan fingerprint density at radius 3 is 2.19 bits per heavy atom. The Kier molecular flexibility index (Phi) is 4.82. The minimum absolute atomic E-state index is 0.00299. The highest BCUT2D eigenvalue weighted by molar-refractivity contribution is 5.87. The molecule has 0 spiro atoms. The van der Waals surface area contributed by atoms with Crippen LogP contribution in [0.15, 0.2) is 60.7 Å². The lowest BCUT2D eigenvalue weighted by Gasteiger charge is -2.17. The van der Waals surface area contributed by atoms with E-state index < -0.39 is 0 Å². The van der Waals surface area contributed by atoms with Crippen molar-refractivity contribution in [3.63, 3.8) is 0 Å². The first-order valence-electron chi connectivity index (χ1n) is 9.25. The molecule has 4 rings (SSSR count). The number of aromatic nitrogens is 2. The summed E-state index contributed by atoms with van der Waals surface area (Å²) >= 11 is 0. The lowest BCUT2D eigenvalue weighted by Crippen LogP contribution is -2.30. The Hall–Kier alpha value is -2.88. The van der Waals surface area contributed by atoms with Crippen LogP contribution in [0.25, 0.3) is 0 Å². The van der Waals surface area contributed by atoms with Crippen LogP contribution in [0.2, 0.25) is 0 Å². The van der Waals surface area contributed by atoms with Gasteiger partial charge in [0, 0.05) is 5.69 Å². The molecule has 0 fully saturated rings. The molecule has 132 valence electrons. The summed E-state index contributed by atoms with van der Waals surface area (Å²) in [5, 5.41) is 3.07. The molecule has 4 nitrogen and oxygen atoms in total. The van der Waals surface area contributed by atoms with Crippen molar-refractivity contribution in [2.24, 2.45) is 0 Å². The number of nitrogens with one attached hydrogen (secondary N) is 2. The molecule has 26 heavy (non-hydrogen) atoms. The van der Waals surface area contributed by atoms with Gasteiger partial charge < -0.3 is 10.3 Å². The van der Waals surface area contributed by atoms with Crippen molar-refractivity contribution in [1.82, 2.24) is 15.3 Å². The van der Waals surface area contributed by atoms with Crippen molar-refractivity contribution in [3.05, 3.63) is 89.0 Å². The molecule has 2 aromatic carbocycles. The van der Waals surface area contributed by atoms with E-state index in [2.05, 4.69) is 15.3 Å². The number of aromatic amines is 1. The monoisotopic (exact) mass is 345 g/mol. The summed E-state index contributed by atoms with van der Waals surface area (Å²) in [6.45, 7) is 0.433. The summed E-state index contributed by atoms with van der Waals surface area (Å²) in [7, 11) is 0. The van der Waals surface area contributed by atoms with E-state index >= 15 is 0 Å².